The average Bonchev–Trinajstić information content (AvgIpc) is 2.73. The van der Waals surface area contributed by atoms with Crippen molar-refractivity contribution in [3.63, 3.8) is 0 Å². The van der Waals surface area contributed by atoms with Crippen molar-refractivity contribution in [2.24, 2.45) is 0 Å². The Morgan fingerprint density at radius 2 is 1.50 bits per heavy atom. The number of halogens is 6. The second kappa shape index (κ2) is 6.17. The van der Waals surface area contributed by atoms with Gasteiger partial charge in [-0.3, -0.25) is 4.79 Å². The van der Waals surface area contributed by atoms with E-state index in [-0.39, 0.29) is 5.91 Å². The molecule has 150 valence electrons. The summed E-state index contributed by atoms with van der Waals surface area (Å²) in [6.07, 6.45) is 2.59. The Bertz CT molecular complexity index is 1040. The fraction of sp³-hybridized carbons (Fsp3) is 0.111. The maximum Gasteiger partial charge on any atom is 0.236 e. The molecule has 2 heterocycles. The molecule has 3 aromatic rings. The number of para-hydroxylation sites is 1. The Labute approximate surface area is 155 Å². The van der Waals surface area contributed by atoms with E-state index in [1.807, 2.05) is 30.3 Å². The number of carbonyl (C=O) groups is 1. The Morgan fingerprint density at radius 3 is 2.14 bits per heavy atom. The molecule has 2 aromatic carbocycles. The zero-order valence-corrected chi connectivity index (χ0v) is 15.2. The number of hydrogen-bond acceptors (Lipinski definition) is 1. The Hall–Kier alpha value is -2.67. The molecule has 3 nitrogen and oxygen atoms in total. The number of amides is 1. The van der Waals surface area contributed by atoms with Crippen molar-refractivity contribution in [1.29, 1.82) is 0 Å². The number of anilines is 1. The zero-order chi connectivity index (χ0) is 20.6. The van der Waals surface area contributed by atoms with Crippen molar-refractivity contribution in [1.82, 2.24) is 0 Å². The molecule has 1 aliphatic heterocycles. The minimum absolute atomic E-state index is 0.0764. The second-order valence-corrected chi connectivity index (χ2v) is 8.16. The first-order valence-corrected chi connectivity index (χ1v) is 10.2. The zero-order valence-electron chi connectivity index (χ0n) is 14.3. The fourth-order valence-electron chi connectivity index (χ4n) is 2.99. The van der Waals surface area contributed by atoms with Gasteiger partial charge in [0, 0.05) is 11.6 Å². The smallest absolute Gasteiger partial charge is 0.236 e. The van der Waals surface area contributed by atoms with Crippen molar-refractivity contribution in [3.05, 3.63) is 60.8 Å². The quantitative estimate of drug-likeness (QED) is 0.271. The van der Waals surface area contributed by atoms with E-state index in [1.165, 1.54) is 16.5 Å². The van der Waals surface area contributed by atoms with Crippen LogP contribution in [0.4, 0.5) is 30.9 Å². The molecule has 1 N–H and O–H groups in total. The number of carbonyl (C=O) groups excluding carboxylic acids is 1. The molecule has 1 amide bonds. The molecular weight excluding hydrogens is 405 g/mol. The molecule has 10 heteroatoms. The van der Waals surface area contributed by atoms with Gasteiger partial charge in [-0.05, 0) is 17.7 Å². The standard InChI is InChI=1S/C18H14N2O.F6P/c21-17-10-12-20-11-9-14(13-5-2-1-3-6-13)15-7-4-8-16(19-17)18(15)20;1-7(2,3,4,5)6/h1-9,11H,10,12H2;/q;-1/p+1. The number of rotatable bonds is 1. The van der Waals surface area contributed by atoms with Crippen molar-refractivity contribution in [2.45, 2.75) is 13.0 Å². The number of aromatic nitrogens is 1. The number of nitrogens with zero attached hydrogens (tertiary/aromatic N) is 1. The van der Waals surface area contributed by atoms with Crippen molar-refractivity contribution >= 4 is 30.3 Å². The topological polar surface area (TPSA) is 33.0 Å². The monoisotopic (exact) mass is 420 g/mol. The van der Waals surface area contributed by atoms with Gasteiger partial charge in [0.1, 0.15) is 5.69 Å². The minimum Gasteiger partial charge on any atom is -0.320 e. The normalized spacial score (nSPS) is 16.1. The molecule has 0 saturated heterocycles. The summed E-state index contributed by atoms with van der Waals surface area (Å²) in [5, 5.41) is 4.18. The van der Waals surface area contributed by atoms with Gasteiger partial charge in [0.2, 0.25) is 11.4 Å². The summed E-state index contributed by atoms with van der Waals surface area (Å²) in [7, 11) is -10.7. The third-order valence-electron chi connectivity index (χ3n) is 3.97. The van der Waals surface area contributed by atoms with Gasteiger partial charge in [-0.2, -0.15) is 4.57 Å². The predicted molar refractivity (Wildman–Crippen MR) is 96.4 cm³/mol. The molecule has 1 aromatic heterocycles. The van der Waals surface area contributed by atoms with Crippen molar-refractivity contribution in [2.75, 3.05) is 5.32 Å². The van der Waals surface area contributed by atoms with E-state index in [2.05, 4.69) is 40.3 Å². The van der Waals surface area contributed by atoms with E-state index in [0.717, 1.165) is 11.2 Å². The molecule has 0 aliphatic carbocycles. The van der Waals surface area contributed by atoms with Gasteiger partial charge in [0.25, 0.3) is 0 Å². The first kappa shape index (κ1) is 20.1. The van der Waals surface area contributed by atoms with Crippen molar-refractivity contribution < 1.29 is 34.5 Å². The van der Waals surface area contributed by atoms with Gasteiger partial charge in [-0.25, -0.2) is 0 Å². The van der Waals surface area contributed by atoms with Crippen LogP contribution in [0.5, 0.6) is 0 Å². The summed E-state index contributed by atoms with van der Waals surface area (Å²) in [4.78, 5) is 11.8. The van der Waals surface area contributed by atoms with Crippen LogP contribution in [0.2, 0.25) is 0 Å². The third-order valence-corrected chi connectivity index (χ3v) is 3.97. The molecule has 1 aliphatic rings. The summed E-state index contributed by atoms with van der Waals surface area (Å²) >= 11 is 0. The maximum absolute atomic E-state index is 11.8. The van der Waals surface area contributed by atoms with E-state index in [1.54, 1.807) is 0 Å². The number of aryl methyl sites for hydroxylation is 1. The van der Waals surface area contributed by atoms with Crippen LogP contribution in [0.3, 0.4) is 0 Å². The van der Waals surface area contributed by atoms with Gasteiger partial charge < -0.3 is 5.32 Å². The first-order chi connectivity index (χ1) is 12.8. The van der Waals surface area contributed by atoms with Crippen LogP contribution in [-0.4, -0.2) is 5.91 Å². The van der Waals surface area contributed by atoms with E-state index < -0.39 is 7.81 Å². The van der Waals surface area contributed by atoms with Crippen LogP contribution in [0.1, 0.15) is 6.42 Å². The van der Waals surface area contributed by atoms with Gasteiger partial charge in [0.05, 0.1) is 11.8 Å². The Balaban J connectivity index is 0.000000279. The minimum atomic E-state index is -10.7. The molecule has 4 rings (SSSR count). The molecule has 0 spiro atoms. The summed E-state index contributed by atoms with van der Waals surface area (Å²) in [6, 6.07) is 18.6. The largest absolute Gasteiger partial charge is 0.320 e. The molecule has 0 saturated carbocycles. The average molecular weight is 420 g/mol. The van der Waals surface area contributed by atoms with Crippen molar-refractivity contribution in [3.8, 4) is 11.1 Å². The molecule has 28 heavy (non-hydrogen) atoms. The van der Waals surface area contributed by atoms with E-state index in [4.69, 9.17) is 0 Å². The van der Waals surface area contributed by atoms with Gasteiger partial charge in [-0.15, -0.1) is 0 Å². The molecule has 0 fully saturated rings. The van der Waals surface area contributed by atoms with Gasteiger partial charge in [0.15, 0.2) is 12.7 Å². The predicted octanol–water partition coefficient (Wildman–Crippen LogP) is 6.52. The summed E-state index contributed by atoms with van der Waals surface area (Å²) < 4.78 is 61.4. The van der Waals surface area contributed by atoms with Crippen LogP contribution in [0, 0.1) is 0 Å². The van der Waals surface area contributed by atoms with Crippen LogP contribution in [-0.2, 0) is 11.3 Å². The molecule has 0 radical (unpaired) electrons. The number of hydrogen-bond donors (Lipinski definition) is 1. The SMILES string of the molecule is F[P-](F)(F)(F)(F)F.O=C1CC[n+]2ccc(-c3ccccc3)c3cccc(c32)N1. The summed E-state index contributed by atoms with van der Waals surface area (Å²) in [5.41, 5.74) is 4.38. The summed E-state index contributed by atoms with van der Waals surface area (Å²) in [5.74, 6) is 0.0764. The molecule has 0 unspecified atom stereocenters. The third kappa shape index (κ3) is 5.66. The van der Waals surface area contributed by atoms with Gasteiger partial charge >= 0.3 is 33.0 Å². The Kier molecular flexibility index (Phi) is 4.42. The Morgan fingerprint density at radius 1 is 0.857 bits per heavy atom. The number of nitrogens with one attached hydrogen (secondary N) is 1. The van der Waals surface area contributed by atoms with Crippen LogP contribution >= 0.6 is 7.81 Å². The van der Waals surface area contributed by atoms with Crippen LogP contribution < -0.4 is 9.88 Å². The van der Waals surface area contributed by atoms with Crippen LogP contribution in [0.15, 0.2) is 60.8 Å². The van der Waals surface area contributed by atoms with E-state index in [9.17, 15) is 30.0 Å². The maximum atomic E-state index is 11.8. The molecular formula is C18H15F6N2OP. The summed E-state index contributed by atoms with van der Waals surface area (Å²) in [6.45, 7) is 0.717. The fourth-order valence-corrected chi connectivity index (χ4v) is 2.99. The molecule has 0 atom stereocenters. The van der Waals surface area contributed by atoms with Gasteiger partial charge in [-0.1, -0.05) is 36.4 Å². The molecule has 0 bridgehead atoms. The van der Waals surface area contributed by atoms with E-state index in [0.29, 0.717) is 13.0 Å². The van der Waals surface area contributed by atoms with Crippen LogP contribution in [0.25, 0.3) is 22.0 Å². The van der Waals surface area contributed by atoms with E-state index >= 15 is 0 Å². The number of benzene rings is 2. The number of pyridine rings is 1. The second-order valence-electron chi connectivity index (χ2n) is 6.25. The first-order valence-electron chi connectivity index (χ1n) is 8.15.